The van der Waals surface area contributed by atoms with Crippen molar-refractivity contribution < 1.29 is 0 Å². The van der Waals surface area contributed by atoms with Gasteiger partial charge in [-0.1, -0.05) is 19.3 Å². The fourth-order valence-corrected chi connectivity index (χ4v) is 4.45. The molecule has 2 fully saturated rings. The Kier molecular flexibility index (Phi) is 4.91. The summed E-state index contributed by atoms with van der Waals surface area (Å²) < 4.78 is 0. The predicted molar refractivity (Wildman–Crippen MR) is 82.5 cm³/mol. The number of piperidine rings is 1. The molecule has 1 aliphatic heterocycles. The quantitative estimate of drug-likeness (QED) is 0.880. The lowest BCUT2D eigenvalue weighted by Gasteiger charge is -2.40. The molecule has 1 saturated heterocycles. The molecule has 1 aliphatic carbocycles. The van der Waals surface area contributed by atoms with Crippen LogP contribution >= 0.6 is 11.3 Å². The van der Waals surface area contributed by atoms with Crippen molar-refractivity contribution in [3.05, 3.63) is 22.4 Å². The summed E-state index contributed by atoms with van der Waals surface area (Å²) in [7, 11) is 0. The van der Waals surface area contributed by atoms with Gasteiger partial charge in [0.2, 0.25) is 0 Å². The lowest BCUT2D eigenvalue weighted by Crippen LogP contribution is -2.50. The van der Waals surface area contributed by atoms with E-state index in [0.717, 1.165) is 24.5 Å². The normalized spacial score (nSPS) is 32.3. The third-order valence-corrected chi connectivity index (χ3v) is 5.57. The van der Waals surface area contributed by atoms with Crippen molar-refractivity contribution in [2.45, 2.75) is 63.6 Å². The number of hydrogen-bond acceptors (Lipinski definition) is 3. The fraction of sp³-hybridized carbons (Fsp3) is 0.750. The van der Waals surface area contributed by atoms with E-state index in [0.29, 0.717) is 0 Å². The summed E-state index contributed by atoms with van der Waals surface area (Å²) in [6.07, 6.45) is 9.80. The predicted octanol–water partition coefficient (Wildman–Crippen LogP) is 3.54. The molecule has 1 aromatic rings. The van der Waals surface area contributed by atoms with E-state index < -0.39 is 0 Å². The summed E-state index contributed by atoms with van der Waals surface area (Å²) in [5.41, 5.74) is 1.45. The average Bonchev–Trinajstić information content (AvgIpc) is 3.00. The van der Waals surface area contributed by atoms with Crippen molar-refractivity contribution in [1.29, 1.82) is 0 Å². The Morgan fingerprint density at radius 1 is 1.16 bits per heavy atom. The van der Waals surface area contributed by atoms with Crippen molar-refractivity contribution >= 4 is 11.3 Å². The maximum Gasteiger partial charge on any atom is 0.0216 e. The van der Waals surface area contributed by atoms with Crippen LogP contribution < -0.4 is 10.6 Å². The summed E-state index contributed by atoms with van der Waals surface area (Å²) in [5.74, 6) is 0.854. The highest BCUT2D eigenvalue weighted by Gasteiger charge is 2.31. The molecule has 0 amide bonds. The Bertz CT molecular complexity index is 357. The molecule has 3 unspecified atom stereocenters. The molecule has 3 rings (SSSR count). The van der Waals surface area contributed by atoms with Crippen molar-refractivity contribution in [2.24, 2.45) is 5.92 Å². The Balaban J connectivity index is 1.56. The number of thiophene rings is 1. The smallest absolute Gasteiger partial charge is 0.0216 e. The topological polar surface area (TPSA) is 24.1 Å². The van der Waals surface area contributed by atoms with E-state index in [4.69, 9.17) is 0 Å². The van der Waals surface area contributed by atoms with Gasteiger partial charge in [0.05, 0.1) is 0 Å². The van der Waals surface area contributed by atoms with Gasteiger partial charge in [-0.15, -0.1) is 0 Å². The van der Waals surface area contributed by atoms with Crippen LogP contribution in [-0.2, 0) is 6.54 Å². The lowest BCUT2D eigenvalue weighted by atomic mass is 9.77. The van der Waals surface area contributed by atoms with E-state index in [1.54, 1.807) is 11.3 Å². The zero-order valence-corrected chi connectivity index (χ0v) is 12.6. The van der Waals surface area contributed by atoms with Crippen molar-refractivity contribution in [1.82, 2.24) is 10.6 Å². The van der Waals surface area contributed by atoms with Gasteiger partial charge < -0.3 is 10.6 Å². The molecule has 0 spiro atoms. The standard InChI is InChI=1S/C16H26N2S/c1-2-6-16(18-11-13-8-10-19-12-13)14(5-1)15-7-3-4-9-17-15/h8,10,12,14-18H,1-7,9,11H2. The van der Waals surface area contributed by atoms with Crippen LogP contribution in [0.15, 0.2) is 16.8 Å². The number of nitrogens with one attached hydrogen (secondary N) is 2. The fourth-order valence-electron chi connectivity index (χ4n) is 3.78. The lowest BCUT2D eigenvalue weighted by molar-refractivity contribution is 0.181. The first kappa shape index (κ1) is 13.6. The van der Waals surface area contributed by atoms with Gasteiger partial charge >= 0.3 is 0 Å². The third-order valence-electron chi connectivity index (χ3n) is 4.83. The van der Waals surface area contributed by atoms with Crippen molar-refractivity contribution in [2.75, 3.05) is 6.54 Å². The maximum atomic E-state index is 3.84. The summed E-state index contributed by atoms with van der Waals surface area (Å²) in [5, 5.41) is 12.1. The Morgan fingerprint density at radius 2 is 2.05 bits per heavy atom. The highest BCUT2D eigenvalue weighted by molar-refractivity contribution is 7.07. The van der Waals surface area contributed by atoms with Gasteiger partial charge in [-0.3, -0.25) is 0 Å². The molecular formula is C16H26N2S. The van der Waals surface area contributed by atoms with E-state index in [-0.39, 0.29) is 0 Å². The van der Waals surface area contributed by atoms with E-state index in [1.165, 1.54) is 57.1 Å². The van der Waals surface area contributed by atoms with Crippen LogP contribution in [0.2, 0.25) is 0 Å². The summed E-state index contributed by atoms with van der Waals surface area (Å²) in [6.45, 7) is 2.29. The minimum absolute atomic E-state index is 0.726. The second-order valence-electron chi connectivity index (χ2n) is 6.12. The van der Waals surface area contributed by atoms with Crippen LogP contribution in [0.4, 0.5) is 0 Å². The Hall–Kier alpha value is -0.380. The second-order valence-corrected chi connectivity index (χ2v) is 6.90. The molecule has 3 atom stereocenters. The number of rotatable bonds is 4. The summed E-state index contributed by atoms with van der Waals surface area (Å²) in [6, 6.07) is 3.74. The molecule has 1 saturated carbocycles. The molecule has 2 nitrogen and oxygen atoms in total. The molecular weight excluding hydrogens is 252 g/mol. The first-order valence-corrected chi connectivity index (χ1v) is 8.85. The van der Waals surface area contributed by atoms with Crippen LogP contribution in [0.25, 0.3) is 0 Å². The zero-order chi connectivity index (χ0) is 12.9. The van der Waals surface area contributed by atoms with Gasteiger partial charge in [0.25, 0.3) is 0 Å². The molecule has 19 heavy (non-hydrogen) atoms. The zero-order valence-electron chi connectivity index (χ0n) is 11.7. The number of hydrogen-bond donors (Lipinski definition) is 2. The highest BCUT2D eigenvalue weighted by atomic mass is 32.1. The van der Waals surface area contributed by atoms with Crippen LogP contribution in [-0.4, -0.2) is 18.6 Å². The molecule has 2 heterocycles. The van der Waals surface area contributed by atoms with Gasteiger partial charge in [0.15, 0.2) is 0 Å². The Morgan fingerprint density at radius 3 is 2.84 bits per heavy atom. The van der Waals surface area contributed by atoms with Gasteiger partial charge in [-0.05, 0) is 60.5 Å². The van der Waals surface area contributed by atoms with Crippen LogP contribution in [0.1, 0.15) is 50.5 Å². The molecule has 1 aromatic heterocycles. The van der Waals surface area contributed by atoms with Gasteiger partial charge in [-0.25, -0.2) is 0 Å². The third kappa shape index (κ3) is 3.59. The van der Waals surface area contributed by atoms with Crippen molar-refractivity contribution in [3.8, 4) is 0 Å². The first-order valence-electron chi connectivity index (χ1n) is 7.91. The molecule has 3 heteroatoms. The van der Waals surface area contributed by atoms with Gasteiger partial charge in [-0.2, -0.15) is 11.3 Å². The summed E-state index contributed by atoms with van der Waals surface area (Å²) in [4.78, 5) is 0. The largest absolute Gasteiger partial charge is 0.314 e. The molecule has 2 N–H and O–H groups in total. The first-order chi connectivity index (χ1) is 9.43. The van der Waals surface area contributed by atoms with Gasteiger partial charge in [0.1, 0.15) is 0 Å². The van der Waals surface area contributed by atoms with E-state index in [2.05, 4.69) is 27.5 Å². The van der Waals surface area contributed by atoms with Crippen molar-refractivity contribution in [3.63, 3.8) is 0 Å². The minimum Gasteiger partial charge on any atom is -0.314 e. The SMILES string of the molecule is c1cc(CNC2CCCCC2C2CCCCN2)cs1. The van der Waals surface area contributed by atoms with Gasteiger partial charge in [0, 0.05) is 18.6 Å². The summed E-state index contributed by atoms with van der Waals surface area (Å²) >= 11 is 1.80. The molecule has 106 valence electrons. The molecule has 0 bridgehead atoms. The molecule has 0 radical (unpaired) electrons. The van der Waals surface area contributed by atoms with E-state index >= 15 is 0 Å². The Labute approximate surface area is 121 Å². The van der Waals surface area contributed by atoms with E-state index in [1.807, 2.05) is 0 Å². The average molecular weight is 278 g/mol. The maximum absolute atomic E-state index is 3.84. The minimum atomic E-state index is 0.726. The van der Waals surface area contributed by atoms with Crippen LogP contribution in [0.3, 0.4) is 0 Å². The van der Waals surface area contributed by atoms with E-state index in [9.17, 15) is 0 Å². The van der Waals surface area contributed by atoms with Crippen LogP contribution in [0.5, 0.6) is 0 Å². The molecule has 0 aromatic carbocycles. The second kappa shape index (κ2) is 6.87. The monoisotopic (exact) mass is 278 g/mol. The van der Waals surface area contributed by atoms with Crippen LogP contribution in [0, 0.1) is 5.92 Å². The molecule has 2 aliphatic rings. The highest BCUT2D eigenvalue weighted by Crippen LogP contribution is 2.30.